The summed E-state index contributed by atoms with van der Waals surface area (Å²) >= 11 is 5.77. The number of hydrogen-bond acceptors (Lipinski definition) is 5. The number of nitrogens with zero attached hydrogens (tertiary/aromatic N) is 1. The van der Waals surface area contributed by atoms with E-state index in [9.17, 15) is 19.7 Å². The van der Waals surface area contributed by atoms with Gasteiger partial charge in [-0.2, -0.15) is 0 Å². The van der Waals surface area contributed by atoms with Crippen LogP contribution in [0.3, 0.4) is 0 Å². The van der Waals surface area contributed by atoms with E-state index in [1.54, 1.807) is 0 Å². The average Bonchev–Trinajstić information content (AvgIpc) is 2.27. The van der Waals surface area contributed by atoms with Gasteiger partial charge in [0.15, 0.2) is 0 Å². The van der Waals surface area contributed by atoms with Crippen LogP contribution in [-0.2, 0) is 9.53 Å². The Kier molecular flexibility index (Phi) is 4.22. The van der Waals surface area contributed by atoms with Crippen molar-refractivity contribution in [2.75, 3.05) is 12.4 Å². The molecule has 0 saturated carbocycles. The van der Waals surface area contributed by atoms with Crippen molar-refractivity contribution in [3.8, 4) is 0 Å². The summed E-state index contributed by atoms with van der Waals surface area (Å²) in [5.41, 5.74) is -0.764. The Balaban J connectivity index is 3.42. The number of carbonyl (C=O) groups excluding carboxylic acids is 2. The van der Waals surface area contributed by atoms with Crippen molar-refractivity contribution in [1.29, 1.82) is 0 Å². The molecule has 8 heteroatoms. The quantitative estimate of drug-likeness (QED) is 0.515. The topological polar surface area (TPSA) is 98.5 Å². The highest BCUT2D eigenvalue weighted by atomic mass is 35.5. The van der Waals surface area contributed by atoms with Crippen molar-refractivity contribution in [1.82, 2.24) is 0 Å². The van der Waals surface area contributed by atoms with E-state index in [1.165, 1.54) is 19.1 Å². The minimum absolute atomic E-state index is 0.0786. The summed E-state index contributed by atoms with van der Waals surface area (Å²) in [5.74, 6) is -1.28. The molecule has 18 heavy (non-hydrogen) atoms. The highest BCUT2D eigenvalue weighted by molar-refractivity contribution is 6.36. The maximum absolute atomic E-state index is 11.3. The smallest absolute Gasteiger partial charge is 0.339 e. The minimum Gasteiger partial charge on any atom is -0.465 e. The van der Waals surface area contributed by atoms with E-state index in [2.05, 4.69) is 10.1 Å². The molecule has 0 aliphatic heterocycles. The van der Waals surface area contributed by atoms with Gasteiger partial charge in [0, 0.05) is 6.92 Å². The molecule has 1 rings (SSSR count). The highest BCUT2D eigenvalue weighted by Crippen LogP contribution is 2.35. The Labute approximate surface area is 107 Å². The lowest BCUT2D eigenvalue weighted by molar-refractivity contribution is -0.383. The highest BCUT2D eigenvalue weighted by Gasteiger charge is 2.25. The monoisotopic (exact) mass is 272 g/mol. The summed E-state index contributed by atoms with van der Waals surface area (Å²) in [4.78, 5) is 32.4. The van der Waals surface area contributed by atoms with Crippen molar-refractivity contribution < 1.29 is 19.2 Å². The Bertz CT molecular complexity index is 529. The lowest BCUT2D eigenvalue weighted by atomic mass is 10.1. The predicted octanol–water partition coefficient (Wildman–Crippen LogP) is 1.99. The molecule has 7 nitrogen and oxygen atoms in total. The second-order valence-electron chi connectivity index (χ2n) is 3.25. The van der Waals surface area contributed by atoms with E-state index in [0.717, 1.165) is 7.11 Å². The molecule has 0 heterocycles. The Morgan fingerprint density at radius 3 is 2.50 bits per heavy atom. The lowest BCUT2D eigenvalue weighted by Gasteiger charge is -2.07. The van der Waals surface area contributed by atoms with Gasteiger partial charge >= 0.3 is 11.7 Å². The molecule has 0 unspecified atom stereocenters. The molecular formula is C10H9ClN2O5. The largest absolute Gasteiger partial charge is 0.465 e. The molecule has 0 aliphatic rings. The first kappa shape index (κ1) is 13.9. The van der Waals surface area contributed by atoms with Gasteiger partial charge in [-0.05, 0) is 12.1 Å². The fourth-order valence-electron chi connectivity index (χ4n) is 1.30. The van der Waals surface area contributed by atoms with E-state index < -0.39 is 22.5 Å². The van der Waals surface area contributed by atoms with Gasteiger partial charge in [-0.3, -0.25) is 14.9 Å². The lowest BCUT2D eigenvalue weighted by Crippen LogP contribution is -2.10. The maximum atomic E-state index is 11.3. The first-order chi connectivity index (χ1) is 8.38. The number of carbonyl (C=O) groups is 2. The molecular weight excluding hydrogens is 264 g/mol. The minimum atomic E-state index is -0.794. The summed E-state index contributed by atoms with van der Waals surface area (Å²) in [5, 5.41) is 12.8. The molecule has 0 spiro atoms. The fraction of sp³-hybridized carbons (Fsp3) is 0.200. The third kappa shape index (κ3) is 2.75. The van der Waals surface area contributed by atoms with Crippen LogP contribution in [0, 0.1) is 10.1 Å². The number of amides is 1. The molecule has 0 bridgehead atoms. The van der Waals surface area contributed by atoms with Gasteiger partial charge in [0.25, 0.3) is 0 Å². The second kappa shape index (κ2) is 5.46. The van der Waals surface area contributed by atoms with E-state index in [0.29, 0.717) is 0 Å². The number of halogens is 1. The first-order valence-corrected chi connectivity index (χ1v) is 5.09. The van der Waals surface area contributed by atoms with Crippen LogP contribution in [0.5, 0.6) is 0 Å². The van der Waals surface area contributed by atoms with Gasteiger partial charge in [-0.25, -0.2) is 4.79 Å². The van der Waals surface area contributed by atoms with Gasteiger partial charge < -0.3 is 10.1 Å². The van der Waals surface area contributed by atoms with Crippen LogP contribution in [0.2, 0.25) is 5.02 Å². The summed E-state index contributed by atoms with van der Waals surface area (Å²) < 4.78 is 4.44. The van der Waals surface area contributed by atoms with Crippen molar-refractivity contribution in [2.24, 2.45) is 0 Å². The third-order valence-corrected chi connectivity index (χ3v) is 2.40. The van der Waals surface area contributed by atoms with E-state index >= 15 is 0 Å². The zero-order valence-corrected chi connectivity index (χ0v) is 10.3. The molecule has 0 aromatic heterocycles. The number of hydrogen-bond donors (Lipinski definition) is 1. The fourth-order valence-corrected chi connectivity index (χ4v) is 1.61. The second-order valence-corrected chi connectivity index (χ2v) is 3.63. The molecule has 1 N–H and O–H groups in total. The Hall–Kier alpha value is -2.15. The van der Waals surface area contributed by atoms with Crippen molar-refractivity contribution in [3.05, 3.63) is 32.8 Å². The summed E-state index contributed by atoms with van der Waals surface area (Å²) in [7, 11) is 1.13. The SMILES string of the molecule is COC(=O)c1ccc(NC(C)=O)c([N+](=O)[O-])c1Cl. The van der Waals surface area contributed by atoms with Crippen LogP contribution in [0.4, 0.5) is 11.4 Å². The number of nitro benzene ring substituents is 1. The number of rotatable bonds is 3. The summed E-state index contributed by atoms with van der Waals surface area (Å²) in [6.45, 7) is 1.20. The molecule has 1 amide bonds. The normalized spacial score (nSPS) is 9.72. The number of methoxy groups -OCH3 is 1. The number of esters is 1. The van der Waals surface area contributed by atoms with Gasteiger partial charge in [-0.1, -0.05) is 11.6 Å². The average molecular weight is 273 g/mol. The number of ether oxygens (including phenoxy) is 1. The van der Waals surface area contributed by atoms with Crippen molar-refractivity contribution in [3.63, 3.8) is 0 Å². The van der Waals surface area contributed by atoms with Crippen molar-refractivity contribution in [2.45, 2.75) is 6.92 Å². The molecule has 0 radical (unpaired) electrons. The Morgan fingerprint density at radius 1 is 1.44 bits per heavy atom. The van der Waals surface area contributed by atoms with E-state index in [4.69, 9.17) is 11.6 Å². The number of nitrogens with one attached hydrogen (secondary N) is 1. The molecule has 96 valence electrons. The Morgan fingerprint density at radius 2 is 2.06 bits per heavy atom. The molecule has 0 atom stereocenters. The molecule has 1 aromatic rings. The molecule has 0 aliphatic carbocycles. The number of anilines is 1. The maximum Gasteiger partial charge on any atom is 0.339 e. The number of benzene rings is 1. The zero-order chi connectivity index (χ0) is 13.9. The first-order valence-electron chi connectivity index (χ1n) is 4.71. The molecule has 0 saturated heterocycles. The molecule has 0 fully saturated rings. The summed E-state index contributed by atoms with van der Waals surface area (Å²) in [6.07, 6.45) is 0. The van der Waals surface area contributed by atoms with Crippen LogP contribution >= 0.6 is 11.6 Å². The number of nitro groups is 1. The zero-order valence-electron chi connectivity index (χ0n) is 9.52. The molecule has 1 aromatic carbocycles. The standard InChI is InChI=1S/C10H9ClN2O5/c1-5(14)12-7-4-3-6(10(15)18-2)8(11)9(7)13(16)17/h3-4H,1-2H3,(H,12,14). The predicted molar refractivity (Wildman–Crippen MR) is 63.7 cm³/mol. The van der Waals surface area contributed by atoms with Gasteiger partial charge in [-0.15, -0.1) is 0 Å². The van der Waals surface area contributed by atoms with E-state index in [-0.39, 0.29) is 16.3 Å². The van der Waals surface area contributed by atoms with Gasteiger partial charge in [0.2, 0.25) is 5.91 Å². The van der Waals surface area contributed by atoms with Crippen LogP contribution < -0.4 is 5.32 Å². The van der Waals surface area contributed by atoms with E-state index in [1.807, 2.05) is 0 Å². The summed E-state index contributed by atoms with van der Waals surface area (Å²) in [6, 6.07) is 2.46. The van der Waals surface area contributed by atoms with Crippen LogP contribution in [0.1, 0.15) is 17.3 Å². The third-order valence-electron chi connectivity index (χ3n) is 2.01. The van der Waals surface area contributed by atoms with Crippen molar-refractivity contribution >= 4 is 34.9 Å². The van der Waals surface area contributed by atoms with Crippen LogP contribution in [0.15, 0.2) is 12.1 Å². The van der Waals surface area contributed by atoms with Gasteiger partial charge in [0.1, 0.15) is 10.7 Å². The van der Waals surface area contributed by atoms with Crippen LogP contribution in [0.25, 0.3) is 0 Å². The van der Waals surface area contributed by atoms with Crippen LogP contribution in [-0.4, -0.2) is 23.9 Å². The van der Waals surface area contributed by atoms with Gasteiger partial charge in [0.05, 0.1) is 17.6 Å².